The van der Waals surface area contributed by atoms with Gasteiger partial charge in [0.25, 0.3) is 0 Å². The number of hydrogen-bond acceptors (Lipinski definition) is 4. The number of aromatic nitrogens is 2. The lowest BCUT2D eigenvalue weighted by atomic mass is 10.2. The standard InChI is InChI=1S/C11H9N3OS/c15-10(14-11-13-6-7-16-11)4-3-9-2-1-5-12-8-9/h1-8H,(H,13,14,15)/b4-3+. The zero-order valence-electron chi connectivity index (χ0n) is 8.33. The van der Waals surface area contributed by atoms with Gasteiger partial charge in [0.1, 0.15) is 0 Å². The molecular weight excluding hydrogens is 222 g/mol. The number of carbonyl (C=O) groups is 1. The van der Waals surface area contributed by atoms with Crippen molar-refractivity contribution in [2.45, 2.75) is 0 Å². The Hall–Kier alpha value is -2.01. The van der Waals surface area contributed by atoms with Crippen molar-refractivity contribution < 1.29 is 4.79 Å². The Morgan fingerprint density at radius 1 is 1.44 bits per heavy atom. The number of thiazole rings is 1. The van der Waals surface area contributed by atoms with Crippen LogP contribution in [0.5, 0.6) is 0 Å². The van der Waals surface area contributed by atoms with Crippen molar-refractivity contribution in [2.75, 3.05) is 5.32 Å². The predicted octanol–water partition coefficient (Wildman–Crippen LogP) is 2.19. The highest BCUT2D eigenvalue weighted by molar-refractivity contribution is 7.13. The summed E-state index contributed by atoms with van der Waals surface area (Å²) in [4.78, 5) is 19.3. The molecule has 2 heterocycles. The number of carbonyl (C=O) groups excluding carboxylic acids is 1. The topological polar surface area (TPSA) is 54.9 Å². The first-order valence-corrected chi connectivity index (χ1v) is 5.51. The highest BCUT2D eigenvalue weighted by Crippen LogP contribution is 2.10. The molecule has 0 unspecified atom stereocenters. The largest absolute Gasteiger partial charge is 0.298 e. The SMILES string of the molecule is O=C(/C=C/c1cccnc1)Nc1nccs1. The molecule has 0 saturated carbocycles. The summed E-state index contributed by atoms with van der Waals surface area (Å²) in [6.07, 6.45) is 8.18. The summed E-state index contributed by atoms with van der Waals surface area (Å²) in [6.45, 7) is 0. The molecule has 0 aliphatic carbocycles. The fourth-order valence-corrected chi connectivity index (χ4v) is 1.61. The van der Waals surface area contributed by atoms with Gasteiger partial charge in [0.05, 0.1) is 0 Å². The van der Waals surface area contributed by atoms with Crippen molar-refractivity contribution >= 4 is 28.5 Å². The molecule has 2 aromatic heterocycles. The maximum absolute atomic E-state index is 11.4. The fraction of sp³-hybridized carbons (Fsp3) is 0. The van der Waals surface area contributed by atoms with Gasteiger partial charge in [-0.3, -0.25) is 15.1 Å². The summed E-state index contributed by atoms with van der Waals surface area (Å²) in [6, 6.07) is 3.69. The van der Waals surface area contributed by atoms with Crippen LogP contribution >= 0.6 is 11.3 Å². The van der Waals surface area contributed by atoms with Gasteiger partial charge in [-0.05, 0) is 17.7 Å². The van der Waals surface area contributed by atoms with Crippen LogP contribution < -0.4 is 5.32 Å². The summed E-state index contributed by atoms with van der Waals surface area (Å²) in [7, 11) is 0. The molecule has 1 N–H and O–H groups in total. The summed E-state index contributed by atoms with van der Waals surface area (Å²) in [5.41, 5.74) is 0.886. The van der Waals surface area contributed by atoms with Crippen LogP contribution in [0.2, 0.25) is 0 Å². The second kappa shape index (κ2) is 5.18. The zero-order chi connectivity index (χ0) is 11.2. The molecule has 0 spiro atoms. The molecule has 0 atom stereocenters. The number of pyridine rings is 1. The van der Waals surface area contributed by atoms with E-state index in [0.29, 0.717) is 5.13 Å². The van der Waals surface area contributed by atoms with Gasteiger partial charge >= 0.3 is 0 Å². The van der Waals surface area contributed by atoms with Gasteiger partial charge in [0.2, 0.25) is 5.91 Å². The van der Waals surface area contributed by atoms with Gasteiger partial charge in [-0.25, -0.2) is 4.98 Å². The molecule has 0 saturated heterocycles. The van der Waals surface area contributed by atoms with Crippen molar-refractivity contribution in [3.8, 4) is 0 Å². The molecule has 0 aliphatic heterocycles. The molecule has 16 heavy (non-hydrogen) atoms. The number of rotatable bonds is 3. The Bertz CT molecular complexity index is 479. The summed E-state index contributed by atoms with van der Waals surface area (Å²) < 4.78 is 0. The number of anilines is 1. The fourth-order valence-electron chi connectivity index (χ4n) is 1.08. The second-order valence-electron chi connectivity index (χ2n) is 2.95. The highest BCUT2D eigenvalue weighted by Gasteiger charge is 1.98. The van der Waals surface area contributed by atoms with E-state index in [9.17, 15) is 4.79 Å². The van der Waals surface area contributed by atoms with E-state index in [2.05, 4.69) is 15.3 Å². The van der Waals surface area contributed by atoms with Crippen molar-refractivity contribution in [2.24, 2.45) is 0 Å². The monoisotopic (exact) mass is 231 g/mol. The lowest BCUT2D eigenvalue weighted by Gasteiger charge is -1.95. The second-order valence-corrected chi connectivity index (χ2v) is 3.84. The Morgan fingerprint density at radius 2 is 2.38 bits per heavy atom. The first-order chi connectivity index (χ1) is 7.84. The summed E-state index contributed by atoms with van der Waals surface area (Å²) in [5, 5.41) is 5.06. The van der Waals surface area contributed by atoms with Crippen LogP contribution in [0.1, 0.15) is 5.56 Å². The molecule has 2 aromatic rings. The Morgan fingerprint density at radius 3 is 3.06 bits per heavy atom. The third-order valence-electron chi connectivity index (χ3n) is 1.77. The molecule has 0 radical (unpaired) electrons. The molecule has 0 aliphatic rings. The average molecular weight is 231 g/mol. The van der Waals surface area contributed by atoms with E-state index in [1.807, 2.05) is 12.1 Å². The van der Waals surface area contributed by atoms with Crippen molar-refractivity contribution in [3.63, 3.8) is 0 Å². The van der Waals surface area contributed by atoms with Crippen molar-refractivity contribution in [1.29, 1.82) is 0 Å². The van der Waals surface area contributed by atoms with Crippen LogP contribution in [0, 0.1) is 0 Å². The van der Waals surface area contributed by atoms with Crippen molar-refractivity contribution in [3.05, 3.63) is 47.7 Å². The summed E-state index contributed by atoms with van der Waals surface area (Å²) in [5.74, 6) is -0.196. The van der Waals surface area contributed by atoms with Crippen LogP contribution in [-0.2, 0) is 4.79 Å². The van der Waals surface area contributed by atoms with Crippen LogP contribution in [0.3, 0.4) is 0 Å². The van der Waals surface area contributed by atoms with Crippen LogP contribution in [0.4, 0.5) is 5.13 Å². The van der Waals surface area contributed by atoms with Crippen LogP contribution in [0.25, 0.3) is 6.08 Å². The summed E-state index contributed by atoms with van der Waals surface area (Å²) >= 11 is 1.38. The Balaban J connectivity index is 1.95. The first-order valence-electron chi connectivity index (χ1n) is 4.63. The minimum atomic E-state index is -0.196. The van der Waals surface area contributed by atoms with Crippen molar-refractivity contribution in [1.82, 2.24) is 9.97 Å². The van der Waals surface area contributed by atoms with E-state index >= 15 is 0 Å². The number of amides is 1. The molecule has 2 rings (SSSR count). The van der Waals surface area contributed by atoms with E-state index in [1.165, 1.54) is 17.4 Å². The lowest BCUT2D eigenvalue weighted by molar-refractivity contribution is -0.111. The highest BCUT2D eigenvalue weighted by atomic mass is 32.1. The van der Waals surface area contributed by atoms with Gasteiger partial charge in [-0.15, -0.1) is 11.3 Å². The van der Waals surface area contributed by atoms with Crippen LogP contribution in [-0.4, -0.2) is 15.9 Å². The van der Waals surface area contributed by atoms with Gasteiger partial charge in [0, 0.05) is 30.0 Å². The molecule has 1 amide bonds. The predicted molar refractivity (Wildman–Crippen MR) is 64.0 cm³/mol. The molecule has 0 aromatic carbocycles. The molecule has 80 valence electrons. The third-order valence-corrected chi connectivity index (χ3v) is 2.46. The van der Waals surface area contributed by atoms with Gasteiger partial charge in [-0.1, -0.05) is 6.07 Å². The molecule has 5 heteroatoms. The van der Waals surface area contributed by atoms with Gasteiger partial charge in [0.15, 0.2) is 5.13 Å². The third kappa shape index (κ3) is 2.99. The minimum Gasteiger partial charge on any atom is -0.298 e. The Kier molecular flexibility index (Phi) is 3.40. The van der Waals surface area contributed by atoms with E-state index in [-0.39, 0.29) is 5.91 Å². The normalized spacial score (nSPS) is 10.5. The Labute approximate surface area is 96.7 Å². The lowest BCUT2D eigenvalue weighted by Crippen LogP contribution is -2.06. The number of nitrogens with zero attached hydrogens (tertiary/aromatic N) is 2. The molecule has 0 fully saturated rings. The van der Waals surface area contributed by atoms with E-state index in [1.54, 1.807) is 30.0 Å². The minimum absolute atomic E-state index is 0.196. The van der Waals surface area contributed by atoms with Gasteiger partial charge < -0.3 is 0 Å². The smallest absolute Gasteiger partial charge is 0.250 e. The molecule has 0 bridgehead atoms. The van der Waals surface area contributed by atoms with E-state index < -0.39 is 0 Å². The van der Waals surface area contributed by atoms with E-state index in [4.69, 9.17) is 0 Å². The molecular formula is C11H9N3OS. The maximum atomic E-state index is 11.4. The zero-order valence-corrected chi connectivity index (χ0v) is 9.15. The first kappa shape index (κ1) is 10.5. The van der Waals surface area contributed by atoms with E-state index in [0.717, 1.165) is 5.56 Å². The maximum Gasteiger partial charge on any atom is 0.250 e. The van der Waals surface area contributed by atoms with Crippen LogP contribution in [0.15, 0.2) is 42.2 Å². The molecule has 4 nitrogen and oxygen atoms in total. The average Bonchev–Trinajstić information content (AvgIpc) is 2.81. The number of hydrogen-bond donors (Lipinski definition) is 1. The number of nitrogens with one attached hydrogen (secondary N) is 1. The van der Waals surface area contributed by atoms with Gasteiger partial charge in [-0.2, -0.15) is 0 Å². The quantitative estimate of drug-likeness (QED) is 0.824.